The van der Waals surface area contributed by atoms with E-state index in [1.165, 1.54) is 72.4 Å². The number of thiophene rings is 2. The maximum atomic E-state index is 4.84. The lowest BCUT2D eigenvalue weighted by molar-refractivity contribution is 1.42. The maximum Gasteiger partial charge on any atom is 0.123 e. The molecule has 10 aromatic rings. The van der Waals surface area contributed by atoms with Crippen LogP contribution in [0.2, 0.25) is 0 Å². The summed E-state index contributed by atoms with van der Waals surface area (Å²) in [5.74, 6) is 0. The molecule has 0 amide bonds. The number of thiazole rings is 2. The van der Waals surface area contributed by atoms with Crippen molar-refractivity contribution in [3.63, 3.8) is 0 Å². The van der Waals surface area contributed by atoms with E-state index in [-0.39, 0.29) is 0 Å². The minimum atomic E-state index is 1.05. The van der Waals surface area contributed by atoms with Gasteiger partial charge < -0.3 is 0 Å². The van der Waals surface area contributed by atoms with Gasteiger partial charge in [-0.05, 0) is 104 Å². The average molecular weight is 685 g/mol. The molecule has 0 fully saturated rings. The van der Waals surface area contributed by atoms with Gasteiger partial charge in [-0.25, -0.2) is 9.97 Å². The van der Waals surface area contributed by atoms with Crippen LogP contribution in [0.15, 0.2) is 146 Å². The van der Waals surface area contributed by atoms with Crippen molar-refractivity contribution in [2.24, 2.45) is 0 Å². The zero-order valence-corrected chi connectivity index (χ0v) is 28.6. The average Bonchev–Trinajstić information content (AvgIpc) is 3.96. The fourth-order valence-corrected chi connectivity index (χ4v) is 10.5. The van der Waals surface area contributed by atoms with E-state index in [1.54, 1.807) is 22.7 Å². The number of nitrogens with zero attached hydrogens (tertiary/aromatic N) is 2. The minimum Gasteiger partial charge on any atom is -0.244 e. The van der Waals surface area contributed by atoms with Crippen LogP contribution in [0.25, 0.3) is 93.5 Å². The van der Waals surface area contributed by atoms with Crippen molar-refractivity contribution >= 4 is 88.4 Å². The van der Waals surface area contributed by atoms with E-state index in [9.17, 15) is 0 Å². The van der Waals surface area contributed by atoms with E-state index in [0.717, 1.165) is 21.1 Å². The number of benzene rings is 6. The third kappa shape index (κ3) is 4.97. The summed E-state index contributed by atoms with van der Waals surface area (Å²) in [5.41, 5.74) is 2.32. The van der Waals surface area contributed by atoms with Crippen LogP contribution in [0, 0.1) is 0 Å². The lowest BCUT2D eigenvalue weighted by Crippen LogP contribution is -1.79. The zero-order valence-electron chi connectivity index (χ0n) is 25.4. The van der Waals surface area contributed by atoms with Crippen molar-refractivity contribution in [3.05, 3.63) is 146 Å². The second kappa shape index (κ2) is 11.3. The molecule has 4 aromatic heterocycles. The SMILES string of the molecule is c1ccc2cc3cc(-c4ncc(-c5ccc(-c6ccc(-c7cnc(-c8ccc9cc%10ccccc%10cc9c8)s7)s6)s5)s4)ccc3cc2c1. The lowest BCUT2D eigenvalue weighted by Gasteiger charge is -2.04. The Morgan fingerprint density at radius 3 is 1.06 bits per heavy atom. The molecule has 0 saturated carbocycles. The quantitative estimate of drug-likeness (QED) is 0.169. The van der Waals surface area contributed by atoms with Crippen LogP contribution in [-0.4, -0.2) is 9.97 Å². The first-order chi connectivity index (χ1) is 23.7. The van der Waals surface area contributed by atoms with E-state index in [1.807, 2.05) is 35.1 Å². The van der Waals surface area contributed by atoms with Crippen molar-refractivity contribution < 1.29 is 0 Å². The molecule has 0 atom stereocenters. The predicted molar refractivity (Wildman–Crippen MR) is 211 cm³/mol. The molecule has 2 nitrogen and oxygen atoms in total. The number of hydrogen-bond acceptors (Lipinski definition) is 6. The fourth-order valence-electron chi connectivity index (χ4n) is 6.39. The fraction of sp³-hybridized carbons (Fsp3) is 0. The summed E-state index contributed by atoms with van der Waals surface area (Å²) in [7, 11) is 0. The summed E-state index contributed by atoms with van der Waals surface area (Å²) in [6.07, 6.45) is 4.04. The highest BCUT2D eigenvalue weighted by atomic mass is 32.1. The van der Waals surface area contributed by atoms with Crippen LogP contribution in [0.4, 0.5) is 0 Å². The summed E-state index contributed by atoms with van der Waals surface area (Å²) in [6, 6.07) is 48.5. The second-order valence-electron chi connectivity index (χ2n) is 11.9. The van der Waals surface area contributed by atoms with Crippen LogP contribution in [0.3, 0.4) is 0 Å². The Morgan fingerprint density at radius 1 is 0.292 bits per heavy atom. The number of aromatic nitrogens is 2. The van der Waals surface area contributed by atoms with Gasteiger partial charge in [0.1, 0.15) is 10.0 Å². The van der Waals surface area contributed by atoms with E-state index < -0.39 is 0 Å². The molecule has 0 unspecified atom stereocenters. The molecule has 10 rings (SSSR count). The Balaban J connectivity index is 0.895. The number of rotatable bonds is 5. The Bertz CT molecular complexity index is 2620. The molecule has 4 heterocycles. The largest absolute Gasteiger partial charge is 0.244 e. The van der Waals surface area contributed by atoms with Gasteiger partial charge in [0.05, 0.1) is 9.75 Å². The van der Waals surface area contributed by atoms with Crippen LogP contribution in [0.5, 0.6) is 0 Å². The van der Waals surface area contributed by atoms with E-state index >= 15 is 0 Å². The molecule has 6 heteroatoms. The van der Waals surface area contributed by atoms with Gasteiger partial charge in [-0.15, -0.1) is 45.3 Å². The van der Waals surface area contributed by atoms with Gasteiger partial charge in [-0.1, -0.05) is 72.8 Å². The van der Waals surface area contributed by atoms with Gasteiger partial charge >= 0.3 is 0 Å². The highest BCUT2D eigenvalue weighted by Gasteiger charge is 2.14. The van der Waals surface area contributed by atoms with Crippen LogP contribution >= 0.6 is 45.3 Å². The molecule has 0 bridgehead atoms. The van der Waals surface area contributed by atoms with E-state index in [4.69, 9.17) is 9.97 Å². The molecule has 6 aromatic carbocycles. The Labute approximate surface area is 292 Å². The van der Waals surface area contributed by atoms with Crippen molar-refractivity contribution in [1.82, 2.24) is 9.97 Å². The van der Waals surface area contributed by atoms with E-state index in [2.05, 4.69) is 133 Å². The first-order valence-electron chi connectivity index (χ1n) is 15.7. The molecule has 48 heavy (non-hydrogen) atoms. The second-order valence-corrected chi connectivity index (χ2v) is 16.1. The van der Waals surface area contributed by atoms with Crippen LogP contribution < -0.4 is 0 Å². The number of hydrogen-bond donors (Lipinski definition) is 0. The van der Waals surface area contributed by atoms with Crippen molar-refractivity contribution in [2.45, 2.75) is 0 Å². The van der Waals surface area contributed by atoms with Gasteiger partial charge in [-0.2, -0.15) is 0 Å². The predicted octanol–water partition coefficient (Wildman–Crippen LogP) is 13.7. The van der Waals surface area contributed by atoms with Crippen molar-refractivity contribution in [2.75, 3.05) is 0 Å². The normalized spacial score (nSPS) is 11.8. The van der Waals surface area contributed by atoms with Crippen LogP contribution in [-0.2, 0) is 0 Å². The van der Waals surface area contributed by atoms with Gasteiger partial charge in [0.2, 0.25) is 0 Å². The summed E-state index contributed by atoms with van der Waals surface area (Å²) in [4.78, 5) is 17.1. The molecule has 0 saturated heterocycles. The molecule has 0 aliphatic heterocycles. The Hall–Kier alpha value is -4.98. The van der Waals surface area contributed by atoms with Crippen molar-refractivity contribution in [1.29, 1.82) is 0 Å². The topological polar surface area (TPSA) is 25.8 Å². The zero-order chi connectivity index (χ0) is 31.6. The third-order valence-corrected chi connectivity index (χ3v) is 13.7. The van der Waals surface area contributed by atoms with E-state index in [0.29, 0.717) is 0 Å². The first-order valence-corrected chi connectivity index (χ1v) is 19.0. The Morgan fingerprint density at radius 2 is 0.646 bits per heavy atom. The maximum absolute atomic E-state index is 4.84. The molecule has 0 aliphatic carbocycles. The van der Waals surface area contributed by atoms with Gasteiger partial charge in [0, 0.05) is 43.0 Å². The van der Waals surface area contributed by atoms with Crippen molar-refractivity contribution in [3.8, 4) is 50.4 Å². The van der Waals surface area contributed by atoms with Gasteiger partial charge in [0.25, 0.3) is 0 Å². The standard InChI is InChI=1S/C42H24N2S4/c1-3-7-27-19-33-21-31(11-9-29(33)17-25(27)5-1)41-43-23-39(47-41)37-15-13-35(45-37)36-14-16-38(46-36)40-24-44-42(48-40)32-12-10-30-18-26-6-2-4-8-28(26)20-34(30)22-32/h1-24H. The summed E-state index contributed by atoms with van der Waals surface area (Å²) < 4.78 is 0. The van der Waals surface area contributed by atoms with Gasteiger partial charge in [-0.3, -0.25) is 0 Å². The van der Waals surface area contributed by atoms with Crippen LogP contribution in [0.1, 0.15) is 0 Å². The molecule has 0 aliphatic rings. The molecule has 0 N–H and O–H groups in total. The first kappa shape index (κ1) is 28.1. The monoisotopic (exact) mass is 684 g/mol. The molecular weight excluding hydrogens is 661 g/mol. The number of fused-ring (bicyclic) bond motifs is 4. The minimum absolute atomic E-state index is 1.05. The third-order valence-electron chi connectivity index (χ3n) is 8.86. The highest BCUT2D eigenvalue weighted by Crippen LogP contribution is 2.44. The van der Waals surface area contributed by atoms with Gasteiger partial charge in [0.15, 0.2) is 0 Å². The highest BCUT2D eigenvalue weighted by molar-refractivity contribution is 7.29. The molecule has 0 spiro atoms. The summed E-state index contributed by atoms with van der Waals surface area (Å²) in [5, 5.41) is 12.2. The molecule has 0 radical (unpaired) electrons. The molecular formula is C42H24N2S4. The molecule has 226 valence electrons. The smallest absolute Gasteiger partial charge is 0.123 e. The summed E-state index contributed by atoms with van der Waals surface area (Å²) >= 11 is 7.18. The Kier molecular flexibility index (Phi) is 6.62. The summed E-state index contributed by atoms with van der Waals surface area (Å²) in [6.45, 7) is 0. The lowest BCUT2D eigenvalue weighted by atomic mass is 10.0.